The standard InChI is InChI=1S/C13H18N4O3/c1-4-13(5-2,12(18)19)6-14-10-9-8(3)17-20-11(9)16-7-15-10/h7H,4-6H2,1-3H3,(H,18,19)(H,14,15,16). The summed E-state index contributed by atoms with van der Waals surface area (Å²) in [5.74, 6) is -0.247. The number of carboxylic acid groups (broad SMARTS) is 1. The molecule has 0 bridgehead atoms. The number of anilines is 1. The van der Waals surface area contributed by atoms with Gasteiger partial charge in [-0.1, -0.05) is 19.0 Å². The molecular weight excluding hydrogens is 260 g/mol. The molecule has 0 saturated heterocycles. The fraction of sp³-hybridized carbons (Fsp3) is 0.538. The Balaban J connectivity index is 2.29. The second-order valence-electron chi connectivity index (χ2n) is 4.82. The number of carboxylic acids is 1. The lowest BCUT2D eigenvalue weighted by molar-refractivity contribution is -0.148. The Bertz CT molecular complexity index is 619. The van der Waals surface area contributed by atoms with Gasteiger partial charge in [-0.05, 0) is 19.8 Å². The van der Waals surface area contributed by atoms with Gasteiger partial charge in [0.15, 0.2) is 0 Å². The number of nitrogens with one attached hydrogen (secondary N) is 1. The average Bonchev–Trinajstić information content (AvgIpc) is 2.83. The van der Waals surface area contributed by atoms with Crippen molar-refractivity contribution < 1.29 is 14.4 Å². The van der Waals surface area contributed by atoms with Gasteiger partial charge in [0.1, 0.15) is 17.5 Å². The van der Waals surface area contributed by atoms with Crippen LogP contribution in [0.15, 0.2) is 10.9 Å². The van der Waals surface area contributed by atoms with E-state index in [0.717, 1.165) is 0 Å². The minimum atomic E-state index is -0.803. The van der Waals surface area contributed by atoms with Crippen LogP contribution < -0.4 is 5.32 Å². The Morgan fingerprint density at radius 1 is 1.40 bits per heavy atom. The number of aromatic nitrogens is 3. The van der Waals surface area contributed by atoms with Gasteiger partial charge in [0.05, 0.1) is 11.1 Å². The highest BCUT2D eigenvalue weighted by atomic mass is 16.5. The summed E-state index contributed by atoms with van der Waals surface area (Å²) in [7, 11) is 0. The van der Waals surface area contributed by atoms with E-state index >= 15 is 0 Å². The van der Waals surface area contributed by atoms with Gasteiger partial charge in [0.25, 0.3) is 5.71 Å². The van der Waals surface area contributed by atoms with Gasteiger partial charge in [-0.3, -0.25) is 4.79 Å². The largest absolute Gasteiger partial charge is 0.481 e. The topological polar surface area (TPSA) is 101 Å². The third-order valence-electron chi connectivity index (χ3n) is 3.84. The minimum Gasteiger partial charge on any atom is -0.481 e. The molecule has 0 amide bonds. The molecule has 0 aliphatic rings. The molecular formula is C13H18N4O3. The first-order valence-electron chi connectivity index (χ1n) is 6.58. The zero-order valence-corrected chi connectivity index (χ0v) is 11.8. The molecule has 2 heterocycles. The molecule has 2 N–H and O–H groups in total. The van der Waals surface area contributed by atoms with Gasteiger partial charge in [0, 0.05) is 6.54 Å². The molecule has 7 nitrogen and oxygen atoms in total. The zero-order valence-electron chi connectivity index (χ0n) is 11.8. The third kappa shape index (κ3) is 2.31. The Kier molecular flexibility index (Phi) is 3.87. The van der Waals surface area contributed by atoms with Crippen molar-refractivity contribution in [1.82, 2.24) is 15.1 Å². The summed E-state index contributed by atoms with van der Waals surface area (Å²) in [5.41, 5.74) is 0.272. The Morgan fingerprint density at radius 3 is 2.70 bits per heavy atom. The first-order valence-corrected chi connectivity index (χ1v) is 6.58. The maximum Gasteiger partial charge on any atom is 0.311 e. The Morgan fingerprint density at radius 2 is 2.10 bits per heavy atom. The number of hydrogen-bond acceptors (Lipinski definition) is 6. The molecule has 2 aromatic heterocycles. The van der Waals surface area contributed by atoms with Crippen LogP contribution in [0.4, 0.5) is 5.82 Å². The predicted molar refractivity (Wildman–Crippen MR) is 73.5 cm³/mol. The van der Waals surface area contributed by atoms with E-state index in [1.54, 1.807) is 6.92 Å². The number of carbonyl (C=O) groups is 1. The van der Waals surface area contributed by atoms with E-state index in [1.807, 2.05) is 13.8 Å². The van der Waals surface area contributed by atoms with Crippen molar-refractivity contribution in [2.75, 3.05) is 11.9 Å². The smallest absolute Gasteiger partial charge is 0.311 e. The quantitative estimate of drug-likeness (QED) is 0.835. The maximum atomic E-state index is 11.5. The van der Waals surface area contributed by atoms with Crippen molar-refractivity contribution in [3.05, 3.63) is 12.0 Å². The summed E-state index contributed by atoms with van der Waals surface area (Å²) in [6.45, 7) is 5.84. The molecule has 0 radical (unpaired) electrons. The van der Waals surface area contributed by atoms with E-state index in [9.17, 15) is 9.90 Å². The molecule has 0 aliphatic carbocycles. The van der Waals surface area contributed by atoms with Crippen molar-refractivity contribution in [2.45, 2.75) is 33.6 Å². The lowest BCUT2D eigenvalue weighted by atomic mass is 9.82. The summed E-state index contributed by atoms with van der Waals surface area (Å²) in [6, 6.07) is 0. The van der Waals surface area contributed by atoms with Crippen molar-refractivity contribution in [3.63, 3.8) is 0 Å². The van der Waals surface area contributed by atoms with Gasteiger partial charge in [-0.25, -0.2) is 4.98 Å². The number of fused-ring (bicyclic) bond motifs is 1. The zero-order chi connectivity index (χ0) is 14.8. The van der Waals surface area contributed by atoms with Crippen LogP contribution in [0.3, 0.4) is 0 Å². The fourth-order valence-corrected chi connectivity index (χ4v) is 2.19. The summed E-state index contributed by atoms with van der Waals surface area (Å²) in [4.78, 5) is 19.6. The molecule has 2 rings (SSSR count). The second-order valence-corrected chi connectivity index (χ2v) is 4.82. The number of nitrogens with zero attached hydrogens (tertiary/aromatic N) is 3. The molecule has 7 heteroatoms. The first-order chi connectivity index (χ1) is 9.54. The number of hydrogen-bond donors (Lipinski definition) is 2. The predicted octanol–water partition coefficient (Wildman–Crippen LogP) is 2.23. The molecule has 108 valence electrons. The van der Waals surface area contributed by atoms with Gasteiger partial charge >= 0.3 is 5.97 Å². The van der Waals surface area contributed by atoms with E-state index in [1.165, 1.54) is 6.33 Å². The highest BCUT2D eigenvalue weighted by Crippen LogP contribution is 2.29. The normalized spacial score (nSPS) is 11.8. The van der Waals surface area contributed by atoms with Gasteiger partial charge in [-0.15, -0.1) is 0 Å². The monoisotopic (exact) mass is 278 g/mol. The van der Waals surface area contributed by atoms with Crippen LogP contribution in [0.25, 0.3) is 11.1 Å². The molecule has 0 fully saturated rings. The SMILES string of the molecule is CCC(CC)(CNc1ncnc2onc(C)c12)C(=O)O. The second kappa shape index (κ2) is 5.44. The van der Waals surface area contributed by atoms with Crippen molar-refractivity contribution >= 4 is 22.9 Å². The van der Waals surface area contributed by atoms with E-state index in [2.05, 4.69) is 20.4 Å². The van der Waals surface area contributed by atoms with E-state index in [0.29, 0.717) is 42.0 Å². The highest BCUT2D eigenvalue weighted by molar-refractivity contribution is 5.87. The molecule has 0 aliphatic heterocycles. The highest BCUT2D eigenvalue weighted by Gasteiger charge is 2.35. The molecule has 0 saturated carbocycles. The third-order valence-corrected chi connectivity index (χ3v) is 3.84. The number of aryl methyl sites for hydroxylation is 1. The molecule has 0 aromatic carbocycles. The first kappa shape index (κ1) is 14.2. The molecule has 2 aromatic rings. The molecule has 20 heavy (non-hydrogen) atoms. The lowest BCUT2D eigenvalue weighted by Gasteiger charge is -2.27. The van der Waals surface area contributed by atoms with Crippen LogP contribution >= 0.6 is 0 Å². The summed E-state index contributed by atoms with van der Waals surface area (Å²) < 4.78 is 5.06. The van der Waals surface area contributed by atoms with Crippen molar-refractivity contribution in [3.8, 4) is 0 Å². The maximum absolute atomic E-state index is 11.5. The van der Waals surface area contributed by atoms with Gasteiger partial charge in [-0.2, -0.15) is 4.98 Å². The number of rotatable bonds is 6. The van der Waals surface area contributed by atoms with E-state index in [4.69, 9.17) is 4.52 Å². The van der Waals surface area contributed by atoms with Crippen LogP contribution in [0.1, 0.15) is 32.4 Å². The van der Waals surface area contributed by atoms with Crippen LogP contribution in [0.5, 0.6) is 0 Å². The van der Waals surface area contributed by atoms with Crippen molar-refractivity contribution in [2.24, 2.45) is 5.41 Å². The van der Waals surface area contributed by atoms with E-state index < -0.39 is 11.4 Å². The average molecular weight is 278 g/mol. The Hall–Kier alpha value is -2.18. The minimum absolute atomic E-state index is 0.298. The lowest BCUT2D eigenvalue weighted by Crippen LogP contribution is -2.37. The summed E-state index contributed by atoms with van der Waals surface area (Å²) in [6.07, 6.45) is 2.46. The van der Waals surface area contributed by atoms with Crippen LogP contribution in [0.2, 0.25) is 0 Å². The summed E-state index contributed by atoms with van der Waals surface area (Å²) >= 11 is 0. The summed E-state index contributed by atoms with van der Waals surface area (Å²) in [5, 5.41) is 17.1. The Labute approximate surface area is 116 Å². The molecule has 0 unspecified atom stereocenters. The van der Waals surface area contributed by atoms with Crippen LogP contribution in [0, 0.1) is 12.3 Å². The van der Waals surface area contributed by atoms with Crippen molar-refractivity contribution in [1.29, 1.82) is 0 Å². The van der Waals surface area contributed by atoms with E-state index in [-0.39, 0.29) is 0 Å². The molecule has 0 atom stereocenters. The van der Waals surface area contributed by atoms with Crippen LogP contribution in [-0.2, 0) is 4.79 Å². The fourth-order valence-electron chi connectivity index (χ4n) is 2.19. The molecule has 0 spiro atoms. The van der Waals surface area contributed by atoms with Gasteiger partial charge in [0.2, 0.25) is 0 Å². The van der Waals surface area contributed by atoms with Crippen LogP contribution in [-0.4, -0.2) is 32.7 Å². The number of aliphatic carboxylic acids is 1. The van der Waals surface area contributed by atoms with Gasteiger partial charge < -0.3 is 14.9 Å².